The fraction of sp³-hybridized carbons (Fsp3) is 0.333. The maximum Gasteiger partial charge on any atom is 0.155 e. The molecule has 0 saturated heterocycles. The van der Waals surface area contributed by atoms with Gasteiger partial charge in [-0.05, 0) is 12.8 Å². The Morgan fingerprint density at radius 1 is 1.42 bits per heavy atom. The van der Waals surface area contributed by atoms with Crippen molar-refractivity contribution in [3.8, 4) is 0 Å². The summed E-state index contributed by atoms with van der Waals surface area (Å²) in [6, 6.07) is 0. The predicted octanol–water partition coefficient (Wildman–Crippen LogP) is 1.61. The zero-order valence-corrected chi connectivity index (χ0v) is 6.64. The van der Waals surface area contributed by atoms with Gasteiger partial charge in [-0.15, -0.1) is 0 Å². The molecule has 1 fully saturated rings. The number of aromatic nitrogens is 3. The molecular formula is C9H9N3. The molecule has 0 unspecified atom stereocenters. The summed E-state index contributed by atoms with van der Waals surface area (Å²) in [5.41, 5.74) is 2.18. The molecule has 0 aliphatic heterocycles. The molecule has 1 aliphatic rings. The van der Waals surface area contributed by atoms with E-state index in [-0.39, 0.29) is 0 Å². The van der Waals surface area contributed by atoms with E-state index in [9.17, 15) is 0 Å². The van der Waals surface area contributed by atoms with Crippen LogP contribution in [0.25, 0.3) is 5.65 Å². The highest BCUT2D eigenvalue weighted by atomic mass is 15.0. The van der Waals surface area contributed by atoms with Crippen LogP contribution >= 0.6 is 0 Å². The second kappa shape index (κ2) is 2.06. The molecule has 1 aliphatic carbocycles. The van der Waals surface area contributed by atoms with Crippen LogP contribution in [0.2, 0.25) is 0 Å². The Bertz CT molecular complexity index is 381. The van der Waals surface area contributed by atoms with Crippen LogP contribution in [-0.4, -0.2) is 14.4 Å². The summed E-state index contributed by atoms with van der Waals surface area (Å²) in [5.74, 6) is 0.727. The standard InChI is InChI=1S/C9H9N3/c1-2-7(1)8-6-12-4-3-10-5-9(12)11-8/h3-7H,1-2H2. The number of nitrogens with zero attached hydrogens (tertiary/aromatic N) is 3. The van der Waals surface area contributed by atoms with Gasteiger partial charge in [-0.2, -0.15) is 0 Å². The van der Waals surface area contributed by atoms with Gasteiger partial charge in [0.15, 0.2) is 5.65 Å². The number of hydrogen-bond donors (Lipinski definition) is 0. The lowest BCUT2D eigenvalue weighted by Crippen LogP contribution is -1.81. The molecule has 12 heavy (non-hydrogen) atoms. The Hall–Kier alpha value is -1.38. The Labute approximate surface area is 70.1 Å². The van der Waals surface area contributed by atoms with Crippen LogP contribution in [0.1, 0.15) is 24.5 Å². The molecule has 0 atom stereocenters. The lowest BCUT2D eigenvalue weighted by atomic mass is 10.3. The summed E-state index contributed by atoms with van der Waals surface area (Å²) in [6.45, 7) is 0. The zero-order valence-electron chi connectivity index (χ0n) is 6.64. The quantitative estimate of drug-likeness (QED) is 0.632. The van der Waals surface area contributed by atoms with E-state index in [0.717, 1.165) is 11.6 Å². The third-order valence-corrected chi connectivity index (χ3v) is 2.28. The summed E-state index contributed by atoms with van der Waals surface area (Å²) in [7, 11) is 0. The molecule has 2 aromatic heterocycles. The maximum atomic E-state index is 4.48. The van der Waals surface area contributed by atoms with Crippen molar-refractivity contribution >= 4 is 5.65 Å². The van der Waals surface area contributed by atoms with Crippen molar-refractivity contribution in [3.63, 3.8) is 0 Å². The fourth-order valence-corrected chi connectivity index (χ4v) is 1.44. The van der Waals surface area contributed by atoms with E-state index in [4.69, 9.17) is 0 Å². The lowest BCUT2D eigenvalue weighted by molar-refractivity contribution is 1.06. The Morgan fingerprint density at radius 2 is 2.33 bits per heavy atom. The first-order valence-corrected chi connectivity index (χ1v) is 4.22. The topological polar surface area (TPSA) is 30.2 Å². The number of rotatable bonds is 1. The Kier molecular flexibility index (Phi) is 1.06. The highest BCUT2D eigenvalue weighted by Crippen LogP contribution is 2.39. The molecule has 2 heterocycles. The summed E-state index contributed by atoms with van der Waals surface area (Å²) < 4.78 is 2.03. The summed E-state index contributed by atoms with van der Waals surface area (Å²) >= 11 is 0. The van der Waals surface area contributed by atoms with Crippen LogP contribution in [0.3, 0.4) is 0 Å². The van der Waals surface area contributed by atoms with Crippen molar-refractivity contribution in [1.82, 2.24) is 14.4 Å². The molecule has 0 spiro atoms. The Balaban J connectivity index is 2.23. The van der Waals surface area contributed by atoms with Gasteiger partial charge in [-0.1, -0.05) is 0 Å². The predicted molar refractivity (Wildman–Crippen MR) is 45.0 cm³/mol. The summed E-state index contributed by atoms with van der Waals surface area (Å²) in [4.78, 5) is 8.50. The molecule has 0 amide bonds. The van der Waals surface area contributed by atoms with Gasteiger partial charge >= 0.3 is 0 Å². The second-order valence-electron chi connectivity index (χ2n) is 3.28. The Morgan fingerprint density at radius 3 is 3.08 bits per heavy atom. The van der Waals surface area contributed by atoms with Crippen LogP contribution in [0.4, 0.5) is 0 Å². The molecule has 3 heteroatoms. The number of fused-ring (bicyclic) bond motifs is 1. The van der Waals surface area contributed by atoms with E-state index in [1.165, 1.54) is 18.5 Å². The molecule has 0 aromatic carbocycles. The first kappa shape index (κ1) is 6.17. The van der Waals surface area contributed by atoms with Crippen molar-refractivity contribution in [3.05, 3.63) is 30.5 Å². The van der Waals surface area contributed by atoms with Crippen LogP contribution in [0.5, 0.6) is 0 Å². The number of hydrogen-bond acceptors (Lipinski definition) is 2. The summed E-state index contributed by atoms with van der Waals surface area (Å²) in [5, 5.41) is 0. The van der Waals surface area contributed by atoms with Crippen LogP contribution in [-0.2, 0) is 0 Å². The molecule has 0 bridgehead atoms. The SMILES string of the molecule is c1cn2cc(C3CC3)nc2cn1. The highest BCUT2D eigenvalue weighted by Gasteiger charge is 2.25. The van der Waals surface area contributed by atoms with Crippen LogP contribution in [0.15, 0.2) is 24.8 Å². The third kappa shape index (κ3) is 0.826. The average molecular weight is 159 g/mol. The molecule has 0 radical (unpaired) electrons. The molecule has 1 saturated carbocycles. The largest absolute Gasteiger partial charge is 0.304 e. The van der Waals surface area contributed by atoms with Gasteiger partial charge in [0.2, 0.25) is 0 Å². The minimum atomic E-state index is 0.727. The zero-order chi connectivity index (χ0) is 7.97. The molecule has 3 nitrogen and oxygen atoms in total. The van der Waals surface area contributed by atoms with Gasteiger partial charge < -0.3 is 4.40 Å². The van der Waals surface area contributed by atoms with Crippen molar-refractivity contribution < 1.29 is 0 Å². The van der Waals surface area contributed by atoms with E-state index in [2.05, 4.69) is 16.2 Å². The monoisotopic (exact) mass is 159 g/mol. The van der Waals surface area contributed by atoms with E-state index < -0.39 is 0 Å². The van der Waals surface area contributed by atoms with Crippen LogP contribution in [0, 0.1) is 0 Å². The molecule has 0 N–H and O–H groups in total. The van der Waals surface area contributed by atoms with Gasteiger partial charge in [-0.25, -0.2) is 4.98 Å². The van der Waals surface area contributed by atoms with Gasteiger partial charge in [0.05, 0.1) is 11.9 Å². The first-order chi connectivity index (χ1) is 5.93. The van der Waals surface area contributed by atoms with Crippen molar-refractivity contribution in [1.29, 1.82) is 0 Å². The molecule has 60 valence electrons. The van der Waals surface area contributed by atoms with Crippen molar-refractivity contribution in [2.75, 3.05) is 0 Å². The van der Waals surface area contributed by atoms with E-state index in [1.54, 1.807) is 12.4 Å². The maximum absolute atomic E-state index is 4.48. The third-order valence-electron chi connectivity index (χ3n) is 2.28. The minimum Gasteiger partial charge on any atom is -0.304 e. The van der Waals surface area contributed by atoms with Crippen molar-refractivity contribution in [2.24, 2.45) is 0 Å². The first-order valence-electron chi connectivity index (χ1n) is 4.22. The second-order valence-corrected chi connectivity index (χ2v) is 3.28. The smallest absolute Gasteiger partial charge is 0.155 e. The summed E-state index contributed by atoms with van der Waals surface area (Å²) in [6.07, 6.45) is 10.2. The lowest BCUT2D eigenvalue weighted by Gasteiger charge is -1.86. The van der Waals surface area contributed by atoms with E-state index in [0.29, 0.717) is 0 Å². The molecular weight excluding hydrogens is 150 g/mol. The fourth-order valence-electron chi connectivity index (χ4n) is 1.44. The average Bonchev–Trinajstić information content (AvgIpc) is 2.85. The molecule has 2 aromatic rings. The van der Waals surface area contributed by atoms with Crippen molar-refractivity contribution in [2.45, 2.75) is 18.8 Å². The van der Waals surface area contributed by atoms with Gasteiger partial charge in [0.25, 0.3) is 0 Å². The van der Waals surface area contributed by atoms with Crippen LogP contribution < -0.4 is 0 Å². The van der Waals surface area contributed by atoms with Gasteiger partial charge in [-0.3, -0.25) is 4.98 Å². The minimum absolute atomic E-state index is 0.727. The van der Waals surface area contributed by atoms with E-state index >= 15 is 0 Å². The van der Waals surface area contributed by atoms with E-state index in [1.807, 2.05) is 10.6 Å². The number of imidazole rings is 1. The molecule has 3 rings (SSSR count). The normalized spacial score (nSPS) is 17.0. The van der Waals surface area contributed by atoms with Gasteiger partial charge in [0.1, 0.15) is 0 Å². The highest BCUT2D eigenvalue weighted by molar-refractivity contribution is 5.38. The van der Waals surface area contributed by atoms with Gasteiger partial charge in [0, 0.05) is 24.5 Å².